The van der Waals surface area contributed by atoms with E-state index >= 15 is 0 Å². The van der Waals surface area contributed by atoms with Crippen molar-refractivity contribution in [2.45, 2.75) is 12.8 Å². The van der Waals surface area contributed by atoms with Crippen molar-refractivity contribution in [1.29, 1.82) is 0 Å². The number of fused-ring (bicyclic) bond motifs is 3. The van der Waals surface area contributed by atoms with Crippen molar-refractivity contribution in [1.82, 2.24) is 24.1 Å². The summed E-state index contributed by atoms with van der Waals surface area (Å²) >= 11 is 0. The minimum absolute atomic E-state index is 0.0330. The van der Waals surface area contributed by atoms with Crippen LogP contribution >= 0.6 is 0 Å². The molecule has 1 saturated carbocycles. The first kappa shape index (κ1) is 17.5. The Labute approximate surface area is 172 Å². The normalized spacial score (nSPS) is 22.4. The van der Waals surface area contributed by atoms with Gasteiger partial charge in [0.05, 0.1) is 12.1 Å². The van der Waals surface area contributed by atoms with Crippen molar-refractivity contribution in [2.24, 2.45) is 18.9 Å². The lowest BCUT2D eigenvalue weighted by Gasteiger charge is -2.31. The van der Waals surface area contributed by atoms with Gasteiger partial charge in [-0.1, -0.05) is 0 Å². The van der Waals surface area contributed by atoms with Gasteiger partial charge < -0.3 is 14.5 Å². The maximum atomic E-state index is 13.0. The molecule has 30 heavy (non-hydrogen) atoms. The zero-order valence-electron chi connectivity index (χ0n) is 16.7. The molecule has 1 saturated heterocycles. The lowest BCUT2D eigenvalue weighted by molar-refractivity contribution is 0.0715. The molecule has 6 rings (SSSR count). The number of likely N-dealkylation sites (tertiary alicyclic amines) is 1. The van der Waals surface area contributed by atoms with Crippen molar-refractivity contribution >= 4 is 23.1 Å². The minimum Gasteiger partial charge on any atom is -0.488 e. The van der Waals surface area contributed by atoms with Crippen LogP contribution in [0.1, 0.15) is 23.2 Å². The van der Waals surface area contributed by atoms with Crippen LogP contribution in [0.2, 0.25) is 0 Å². The van der Waals surface area contributed by atoms with E-state index in [9.17, 15) is 9.59 Å². The van der Waals surface area contributed by atoms with Gasteiger partial charge in [0.15, 0.2) is 17.2 Å². The van der Waals surface area contributed by atoms with Gasteiger partial charge in [-0.25, -0.2) is 14.5 Å². The minimum atomic E-state index is -0.185. The van der Waals surface area contributed by atoms with Crippen LogP contribution in [-0.4, -0.2) is 56.2 Å². The highest BCUT2D eigenvalue weighted by Crippen LogP contribution is 2.45. The summed E-state index contributed by atoms with van der Waals surface area (Å²) in [6.45, 7) is 2.79. The van der Waals surface area contributed by atoms with Gasteiger partial charge in [-0.2, -0.15) is 5.10 Å². The number of aromatic nitrogens is 4. The standard InChI is InChI=1S/C21H22N6O3/c1-24-21(29)27-5-3-16(10-18(27)23-24)26-6-7-30-17-9-14(11-22-19(17)26)20(28)25-4-2-13-8-15(13)12-25/h3,5,9-11,13,15H,2,4,6-8,12H2,1H3. The number of hydrogen-bond acceptors (Lipinski definition) is 6. The number of piperidine rings is 1. The molecule has 2 aliphatic heterocycles. The van der Waals surface area contributed by atoms with E-state index in [2.05, 4.69) is 10.1 Å². The van der Waals surface area contributed by atoms with E-state index in [0.29, 0.717) is 41.8 Å². The number of hydrogen-bond donors (Lipinski definition) is 0. The number of rotatable bonds is 2. The Morgan fingerprint density at radius 1 is 1.23 bits per heavy atom. The van der Waals surface area contributed by atoms with Gasteiger partial charge in [-0.15, -0.1) is 0 Å². The van der Waals surface area contributed by atoms with Gasteiger partial charge in [0.25, 0.3) is 5.91 Å². The molecule has 9 nitrogen and oxygen atoms in total. The lowest BCUT2D eigenvalue weighted by Crippen LogP contribution is -2.37. The quantitative estimate of drug-likeness (QED) is 0.640. The molecule has 3 aromatic rings. The second kappa shape index (κ2) is 6.32. The highest BCUT2D eigenvalue weighted by Gasteiger charge is 2.42. The average molecular weight is 406 g/mol. The number of nitrogens with zero attached hydrogens (tertiary/aromatic N) is 6. The Kier molecular flexibility index (Phi) is 3.68. The Balaban J connectivity index is 1.31. The third-order valence-electron chi connectivity index (χ3n) is 6.45. The van der Waals surface area contributed by atoms with Crippen molar-refractivity contribution in [3.8, 4) is 5.75 Å². The molecule has 5 heterocycles. The van der Waals surface area contributed by atoms with Crippen LogP contribution < -0.4 is 15.3 Å². The topological polar surface area (TPSA) is 85.0 Å². The predicted molar refractivity (Wildman–Crippen MR) is 109 cm³/mol. The number of pyridine rings is 2. The molecule has 2 atom stereocenters. The molecule has 9 heteroatoms. The lowest BCUT2D eigenvalue weighted by atomic mass is 10.1. The van der Waals surface area contributed by atoms with Gasteiger partial charge in [-0.3, -0.25) is 9.20 Å². The number of carbonyl (C=O) groups excluding carboxylic acids is 1. The van der Waals surface area contributed by atoms with Gasteiger partial charge in [0, 0.05) is 44.3 Å². The summed E-state index contributed by atoms with van der Waals surface area (Å²) in [6, 6.07) is 5.53. The highest BCUT2D eigenvalue weighted by molar-refractivity contribution is 5.95. The predicted octanol–water partition coefficient (Wildman–Crippen LogP) is 1.44. The maximum absolute atomic E-state index is 13.0. The van der Waals surface area contributed by atoms with E-state index in [1.54, 1.807) is 25.5 Å². The molecule has 0 radical (unpaired) electrons. The van der Waals surface area contributed by atoms with Crippen LogP contribution in [0.25, 0.3) is 5.65 Å². The summed E-state index contributed by atoms with van der Waals surface area (Å²) in [7, 11) is 1.63. The maximum Gasteiger partial charge on any atom is 0.350 e. The molecule has 2 fully saturated rings. The van der Waals surface area contributed by atoms with Gasteiger partial charge in [0.2, 0.25) is 0 Å². The van der Waals surface area contributed by atoms with Crippen LogP contribution in [0.15, 0.2) is 35.4 Å². The highest BCUT2D eigenvalue weighted by atomic mass is 16.5. The zero-order valence-corrected chi connectivity index (χ0v) is 16.7. The monoisotopic (exact) mass is 406 g/mol. The van der Waals surface area contributed by atoms with Crippen LogP contribution in [-0.2, 0) is 7.05 Å². The van der Waals surface area contributed by atoms with E-state index in [4.69, 9.17) is 4.74 Å². The second-order valence-electron chi connectivity index (χ2n) is 8.36. The van der Waals surface area contributed by atoms with Crippen LogP contribution in [0.3, 0.4) is 0 Å². The molecule has 2 unspecified atom stereocenters. The molecule has 1 aliphatic carbocycles. The molecule has 154 valence electrons. The van der Waals surface area contributed by atoms with E-state index in [-0.39, 0.29) is 11.6 Å². The van der Waals surface area contributed by atoms with E-state index < -0.39 is 0 Å². The summed E-state index contributed by atoms with van der Waals surface area (Å²) in [6.07, 6.45) is 5.73. The second-order valence-corrected chi connectivity index (χ2v) is 8.36. The fraction of sp³-hybridized carbons (Fsp3) is 0.429. The SMILES string of the molecule is Cn1nc2cc(N3CCOc4cc(C(=O)N5CCC6CC6C5)cnc43)ccn2c1=O. The van der Waals surface area contributed by atoms with Crippen molar-refractivity contribution in [2.75, 3.05) is 31.1 Å². The molecule has 1 amide bonds. The third-order valence-corrected chi connectivity index (χ3v) is 6.45. The van der Waals surface area contributed by atoms with Crippen LogP contribution in [0.5, 0.6) is 5.75 Å². The summed E-state index contributed by atoms with van der Waals surface area (Å²) in [4.78, 5) is 33.6. The molecule has 0 aromatic carbocycles. The summed E-state index contributed by atoms with van der Waals surface area (Å²) in [5.41, 5.74) is 1.83. The van der Waals surface area contributed by atoms with Crippen LogP contribution in [0.4, 0.5) is 11.5 Å². The first-order chi connectivity index (χ1) is 14.6. The fourth-order valence-corrected chi connectivity index (χ4v) is 4.65. The molecular formula is C21H22N6O3. The number of aryl methyl sites for hydroxylation is 1. The number of anilines is 2. The Morgan fingerprint density at radius 2 is 2.13 bits per heavy atom. The first-order valence-electron chi connectivity index (χ1n) is 10.3. The van der Waals surface area contributed by atoms with Crippen molar-refractivity contribution in [3.63, 3.8) is 0 Å². The molecule has 0 N–H and O–H groups in total. The van der Waals surface area contributed by atoms with E-state index in [1.807, 2.05) is 21.9 Å². The molecule has 3 aliphatic rings. The van der Waals surface area contributed by atoms with E-state index in [1.165, 1.54) is 15.5 Å². The Hall–Kier alpha value is -3.36. The van der Waals surface area contributed by atoms with E-state index in [0.717, 1.165) is 31.1 Å². The zero-order chi connectivity index (χ0) is 20.4. The summed E-state index contributed by atoms with van der Waals surface area (Å²) in [5.74, 6) is 2.83. The summed E-state index contributed by atoms with van der Waals surface area (Å²) < 4.78 is 8.66. The first-order valence-corrected chi connectivity index (χ1v) is 10.3. The van der Waals surface area contributed by atoms with Crippen molar-refractivity contribution in [3.05, 3.63) is 46.6 Å². The molecule has 0 bridgehead atoms. The Bertz CT molecular complexity index is 1230. The number of carbonyl (C=O) groups is 1. The van der Waals surface area contributed by atoms with Crippen LogP contribution in [0, 0.1) is 11.8 Å². The Morgan fingerprint density at radius 3 is 3.00 bits per heavy atom. The van der Waals surface area contributed by atoms with Crippen molar-refractivity contribution < 1.29 is 9.53 Å². The average Bonchev–Trinajstić information content (AvgIpc) is 3.50. The third kappa shape index (κ3) is 2.68. The smallest absolute Gasteiger partial charge is 0.350 e. The van der Waals surface area contributed by atoms with Gasteiger partial charge >= 0.3 is 5.69 Å². The number of amides is 1. The molecular weight excluding hydrogens is 384 g/mol. The fourth-order valence-electron chi connectivity index (χ4n) is 4.65. The van der Waals surface area contributed by atoms with Gasteiger partial charge in [0.1, 0.15) is 6.61 Å². The number of ether oxygens (including phenoxy) is 1. The molecule has 3 aromatic heterocycles. The molecule has 0 spiro atoms. The van der Waals surface area contributed by atoms with Gasteiger partial charge in [-0.05, 0) is 36.8 Å². The summed E-state index contributed by atoms with van der Waals surface area (Å²) in [5, 5.41) is 4.26. The largest absolute Gasteiger partial charge is 0.488 e.